The first kappa shape index (κ1) is 21.1. The number of nitrogens with one attached hydrogen (secondary N) is 1. The lowest BCUT2D eigenvalue weighted by Gasteiger charge is -2.27. The molecule has 3 N–H and O–H groups in total. The molecule has 10 nitrogen and oxygen atoms in total. The number of aromatic nitrogens is 4. The van der Waals surface area contributed by atoms with Gasteiger partial charge in [-0.1, -0.05) is 0 Å². The molecular formula is C20H28N6O4S. The van der Waals surface area contributed by atoms with Crippen molar-refractivity contribution in [2.24, 2.45) is 16.8 Å². The van der Waals surface area contributed by atoms with Crippen molar-refractivity contribution < 1.29 is 19.8 Å². The highest BCUT2D eigenvalue weighted by Crippen LogP contribution is 2.36. The second-order valence-corrected chi connectivity index (χ2v) is 9.59. The van der Waals surface area contributed by atoms with Gasteiger partial charge in [0.1, 0.15) is 34.9 Å². The largest absolute Gasteiger partial charge is 0.388 e. The van der Waals surface area contributed by atoms with Crippen LogP contribution in [0.2, 0.25) is 0 Å². The highest BCUT2D eigenvalue weighted by Gasteiger charge is 2.42. The molecule has 31 heavy (non-hydrogen) atoms. The Bertz CT molecular complexity index is 962. The Labute approximate surface area is 184 Å². The molecule has 0 spiro atoms. The van der Waals surface area contributed by atoms with Gasteiger partial charge in [0.25, 0.3) is 0 Å². The fourth-order valence-corrected chi connectivity index (χ4v) is 5.69. The second-order valence-electron chi connectivity index (χ2n) is 8.58. The van der Waals surface area contributed by atoms with Crippen molar-refractivity contribution in [2.75, 3.05) is 5.75 Å². The van der Waals surface area contributed by atoms with E-state index in [1.54, 1.807) is 29.6 Å². The lowest BCUT2D eigenvalue weighted by Crippen LogP contribution is -2.30. The van der Waals surface area contributed by atoms with E-state index in [1.807, 2.05) is 6.92 Å². The maximum atomic E-state index is 10.3. The minimum Gasteiger partial charge on any atom is -0.388 e. The maximum Gasteiger partial charge on any atom is 0.174 e. The van der Waals surface area contributed by atoms with Gasteiger partial charge >= 0.3 is 0 Å². The number of fused-ring (bicyclic) bond motifs is 1. The maximum absolute atomic E-state index is 10.3. The van der Waals surface area contributed by atoms with Gasteiger partial charge in [-0.3, -0.25) is 10.0 Å². The molecule has 5 rings (SSSR count). The normalized spacial score (nSPS) is 36.0. The van der Waals surface area contributed by atoms with E-state index in [0.717, 1.165) is 42.3 Å². The Morgan fingerprint density at radius 3 is 2.61 bits per heavy atom. The minimum atomic E-state index is -1.03. The number of imidazole rings is 1. The average Bonchev–Trinajstić information content (AvgIpc) is 3.47. The number of hydroxylamine groups is 1. The molecule has 0 radical (unpaired) electrons. The van der Waals surface area contributed by atoms with Crippen LogP contribution in [0.1, 0.15) is 45.8 Å². The standard InChI is InChI=1S/C20H28N6O4S/c1-10-15(27)16(28)20(29-10)26-9-23-14-18(26)21-8-22-19(14)31-7-12-3-5-13(6-4-12)17-24-11(2)30-25-17/h8-13,15-16,20,27-28H,3-7H2,1-2H3,(H,24,25)/t10-,11?,12?,13?,15-,16-,20-/m1/s1. The molecule has 168 valence electrons. The third-order valence-corrected chi connectivity index (χ3v) is 7.63. The van der Waals surface area contributed by atoms with Crippen LogP contribution in [-0.2, 0) is 9.57 Å². The van der Waals surface area contributed by atoms with Crippen molar-refractivity contribution in [1.29, 1.82) is 0 Å². The second kappa shape index (κ2) is 8.62. The fraction of sp³-hybridized carbons (Fsp3) is 0.700. The van der Waals surface area contributed by atoms with Crippen LogP contribution >= 0.6 is 11.8 Å². The van der Waals surface area contributed by atoms with Crippen molar-refractivity contribution in [1.82, 2.24) is 25.0 Å². The zero-order chi connectivity index (χ0) is 21.5. The Morgan fingerprint density at radius 2 is 1.94 bits per heavy atom. The summed E-state index contributed by atoms with van der Waals surface area (Å²) in [6.07, 6.45) is 4.41. The number of rotatable bonds is 5. The molecule has 0 aromatic carbocycles. The number of amidine groups is 1. The molecule has 3 aliphatic rings. The van der Waals surface area contributed by atoms with Crippen LogP contribution in [0, 0.1) is 11.8 Å². The molecule has 1 saturated carbocycles. The highest BCUT2D eigenvalue weighted by molar-refractivity contribution is 7.99. The number of aliphatic imine (C=N–C) groups is 1. The number of ether oxygens (including phenoxy) is 1. The van der Waals surface area contributed by atoms with Gasteiger partial charge in [0.15, 0.2) is 18.1 Å². The van der Waals surface area contributed by atoms with Crippen LogP contribution in [0.25, 0.3) is 11.2 Å². The van der Waals surface area contributed by atoms with E-state index in [1.165, 1.54) is 6.33 Å². The Hall–Kier alpha value is -1.79. The number of thioether (sulfide) groups is 1. The van der Waals surface area contributed by atoms with Crippen LogP contribution in [0.4, 0.5) is 0 Å². The van der Waals surface area contributed by atoms with Crippen molar-refractivity contribution >= 4 is 28.8 Å². The van der Waals surface area contributed by atoms with E-state index in [4.69, 9.17) is 9.57 Å². The predicted molar refractivity (Wildman–Crippen MR) is 114 cm³/mol. The van der Waals surface area contributed by atoms with Gasteiger partial charge in [-0.25, -0.2) is 24.8 Å². The summed E-state index contributed by atoms with van der Waals surface area (Å²) in [7, 11) is 0. The smallest absolute Gasteiger partial charge is 0.174 e. The van der Waals surface area contributed by atoms with Crippen molar-refractivity contribution in [3.05, 3.63) is 12.7 Å². The van der Waals surface area contributed by atoms with E-state index < -0.39 is 24.5 Å². The number of nitrogens with zero attached hydrogens (tertiary/aromatic N) is 5. The molecule has 2 fully saturated rings. The van der Waals surface area contributed by atoms with Crippen molar-refractivity contribution in [2.45, 2.75) is 75.3 Å². The SMILES string of the molecule is CC1N=C(C2CCC(CSc3ncnc4c3ncn4[C@@H]3O[C@H](C)[C@@H](O)[C@H]3O)CC2)NO1. The molecule has 0 amide bonds. The van der Waals surface area contributed by atoms with E-state index in [9.17, 15) is 10.2 Å². The minimum absolute atomic E-state index is 0.0921. The zero-order valence-corrected chi connectivity index (χ0v) is 18.4. The van der Waals surface area contributed by atoms with Crippen molar-refractivity contribution in [3.8, 4) is 0 Å². The first-order chi connectivity index (χ1) is 15.0. The summed E-state index contributed by atoms with van der Waals surface area (Å²) in [6, 6.07) is 0. The Morgan fingerprint density at radius 1 is 1.13 bits per heavy atom. The first-order valence-electron chi connectivity index (χ1n) is 10.8. The molecule has 2 aliphatic heterocycles. The summed E-state index contributed by atoms with van der Waals surface area (Å²) in [6.45, 7) is 3.68. The van der Waals surface area contributed by atoms with Crippen LogP contribution < -0.4 is 5.48 Å². The monoisotopic (exact) mass is 448 g/mol. The molecule has 1 unspecified atom stereocenters. The first-order valence-corrected chi connectivity index (χ1v) is 11.8. The number of aliphatic hydroxyl groups excluding tert-OH is 2. The zero-order valence-electron chi connectivity index (χ0n) is 17.6. The van der Waals surface area contributed by atoms with Crippen LogP contribution in [0.15, 0.2) is 22.7 Å². The van der Waals surface area contributed by atoms with E-state index >= 15 is 0 Å². The molecule has 0 bridgehead atoms. The summed E-state index contributed by atoms with van der Waals surface area (Å²) >= 11 is 1.70. The van der Waals surface area contributed by atoms with Gasteiger partial charge in [0.05, 0.1) is 12.4 Å². The summed E-state index contributed by atoms with van der Waals surface area (Å²) in [5, 5.41) is 21.2. The average molecular weight is 449 g/mol. The topological polar surface area (TPSA) is 127 Å². The molecule has 5 atom stereocenters. The molecule has 1 aliphatic carbocycles. The summed E-state index contributed by atoms with van der Waals surface area (Å²) < 4.78 is 7.41. The van der Waals surface area contributed by atoms with Crippen LogP contribution in [0.5, 0.6) is 0 Å². The molecule has 11 heteroatoms. The highest BCUT2D eigenvalue weighted by atomic mass is 32.2. The quantitative estimate of drug-likeness (QED) is 0.462. The van der Waals surface area contributed by atoms with Gasteiger partial charge in [-0.2, -0.15) is 0 Å². The summed E-state index contributed by atoms with van der Waals surface area (Å²) in [5.74, 6) is 3.04. The third kappa shape index (κ3) is 4.05. The third-order valence-electron chi connectivity index (χ3n) is 6.42. The van der Waals surface area contributed by atoms with Gasteiger partial charge < -0.3 is 14.9 Å². The van der Waals surface area contributed by atoms with E-state index in [-0.39, 0.29) is 6.23 Å². The number of hydrogen-bond acceptors (Lipinski definition) is 10. The molecular weight excluding hydrogens is 420 g/mol. The van der Waals surface area contributed by atoms with E-state index in [0.29, 0.717) is 23.0 Å². The lowest BCUT2D eigenvalue weighted by atomic mass is 9.82. The number of aliphatic hydroxyl groups is 2. The molecule has 2 aromatic heterocycles. The van der Waals surface area contributed by atoms with Gasteiger partial charge in [0.2, 0.25) is 0 Å². The molecule has 1 saturated heterocycles. The van der Waals surface area contributed by atoms with Gasteiger partial charge in [0, 0.05) is 11.7 Å². The Kier molecular flexibility index (Phi) is 5.86. The van der Waals surface area contributed by atoms with E-state index in [2.05, 4.69) is 25.4 Å². The van der Waals surface area contributed by atoms with Crippen molar-refractivity contribution in [3.63, 3.8) is 0 Å². The Balaban J connectivity index is 1.23. The van der Waals surface area contributed by atoms with Crippen LogP contribution in [-0.4, -0.2) is 65.9 Å². The fourth-order valence-electron chi connectivity index (χ4n) is 4.56. The molecule has 2 aromatic rings. The molecule has 4 heterocycles. The number of hydrogen-bond donors (Lipinski definition) is 3. The summed E-state index contributed by atoms with van der Waals surface area (Å²) in [5.41, 5.74) is 4.28. The van der Waals surface area contributed by atoms with Gasteiger partial charge in [-0.15, -0.1) is 11.8 Å². The summed E-state index contributed by atoms with van der Waals surface area (Å²) in [4.78, 5) is 23.1. The lowest BCUT2D eigenvalue weighted by molar-refractivity contribution is -0.0299. The predicted octanol–water partition coefficient (Wildman–Crippen LogP) is 1.64. The van der Waals surface area contributed by atoms with Gasteiger partial charge in [-0.05, 0) is 45.4 Å². The van der Waals surface area contributed by atoms with Crippen LogP contribution in [0.3, 0.4) is 0 Å².